The predicted molar refractivity (Wildman–Crippen MR) is 114 cm³/mol. The Morgan fingerprint density at radius 1 is 1.30 bits per heavy atom. The van der Waals surface area contributed by atoms with Crippen LogP contribution < -0.4 is 11.1 Å². The molecule has 4 nitrogen and oxygen atoms in total. The fourth-order valence-corrected chi connectivity index (χ4v) is 5.41. The van der Waals surface area contributed by atoms with Crippen molar-refractivity contribution in [1.82, 2.24) is 0 Å². The molecule has 0 spiro atoms. The number of carbonyl (C=O) groups excluding carboxylic acids is 2. The fraction of sp³-hybridized carbons (Fsp3) is 0.727. The minimum absolute atomic E-state index is 0.00317. The number of hydrogen-bond donors (Lipinski definition) is 2. The number of thiophene rings is 1. The molecule has 1 aliphatic rings. The maximum absolute atomic E-state index is 12.8. The summed E-state index contributed by atoms with van der Waals surface area (Å²) in [6, 6.07) is 0. The van der Waals surface area contributed by atoms with Crippen LogP contribution in [0.3, 0.4) is 0 Å². The summed E-state index contributed by atoms with van der Waals surface area (Å²) < 4.78 is 0. The number of nitrogens with one attached hydrogen (secondary N) is 1. The molecule has 2 rings (SSSR count). The molecule has 0 bridgehead atoms. The van der Waals surface area contributed by atoms with Gasteiger partial charge in [-0.1, -0.05) is 53.9 Å². The average molecular weight is 393 g/mol. The van der Waals surface area contributed by atoms with Gasteiger partial charge in [0.15, 0.2) is 0 Å². The van der Waals surface area contributed by atoms with Gasteiger partial charge in [0, 0.05) is 10.8 Å². The van der Waals surface area contributed by atoms with Crippen molar-refractivity contribution in [3.63, 3.8) is 0 Å². The molecule has 1 heterocycles. The Labute approximate surface area is 168 Å². The molecule has 0 saturated carbocycles. The van der Waals surface area contributed by atoms with Gasteiger partial charge in [-0.2, -0.15) is 0 Å². The van der Waals surface area contributed by atoms with Crippen molar-refractivity contribution in [2.24, 2.45) is 23.0 Å². The second-order valence-electron chi connectivity index (χ2n) is 8.59. The quantitative estimate of drug-likeness (QED) is 0.579. The molecule has 0 saturated heterocycles. The van der Waals surface area contributed by atoms with Gasteiger partial charge in [-0.05, 0) is 49.0 Å². The van der Waals surface area contributed by atoms with Gasteiger partial charge in [0.25, 0.3) is 5.91 Å². The molecule has 0 aromatic carbocycles. The summed E-state index contributed by atoms with van der Waals surface area (Å²) in [5.41, 5.74) is 7.63. The highest BCUT2D eigenvalue weighted by molar-refractivity contribution is 7.17. The Hall–Kier alpha value is -1.36. The summed E-state index contributed by atoms with van der Waals surface area (Å²) in [7, 11) is 0. The summed E-state index contributed by atoms with van der Waals surface area (Å²) in [4.78, 5) is 26.1. The maximum atomic E-state index is 12.8. The van der Waals surface area contributed by atoms with E-state index in [4.69, 9.17) is 5.73 Å². The number of primary amides is 1. The van der Waals surface area contributed by atoms with Crippen LogP contribution in [-0.4, -0.2) is 11.8 Å². The standard InChI is InChI=1S/C22H36N2O2S/c1-6-9-10-14(7-2)20(26)24-21-18(19(23)25)16-12-11-15(13-17(16)27-21)22(4,5)8-3/h14-15H,6-13H2,1-5H3,(H2,23,25)(H,24,26). The summed E-state index contributed by atoms with van der Waals surface area (Å²) in [6.07, 6.45) is 7.90. The molecule has 152 valence electrons. The number of anilines is 1. The summed E-state index contributed by atoms with van der Waals surface area (Å²) >= 11 is 1.57. The van der Waals surface area contributed by atoms with E-state index in [1.165, 1.54) is 4.88 Å². The van der Waals surface area contributed by atoms with Crippen LogP contribution in [0, 0.1) is 17.3 Å². The molecule has 1 aliphatic carbocycles. The number of hydrogen-bond acceptors (Lipinski definition) is 3. The molecular formula is C22H36N2O2S. The van der Waals surface area contributed by atoms with Crippen molar-refractivity contribution in [3.8, 4) is 0 Å². The molecule has 27 heavy (non-hydrogen) atoms. The van der Waals surface area contributed by atoms with Gasteiger partial charge in [-0.25, -0.2) is 0 Å². The normalized spacial score (nSPS) is 18.0. The molecular weight excluding hydrogens is 356 g/mol. The van der Waals surface area contributed by atoms with Gasteiger partial charge in [0.05, 0.1) is 5.56 Å². The molecule has 2 atom stereocenters. The first kappa shape index (κ1) is 21.9. The Morgan fingerprint density at radius 3 is 2.56 bits per heavy atom. The van der Waals surface area contributed by atoms with Crippen LogP contribution in [0.2, 0.25) is 0 Å². The Bertz CT molecular complexity index is 678. The Morgan fingerprint density at radius 2 is 2.00 bits per heavy atom. The molecule has 1 aromatic heterocycles. The van der Waals surface area contributed by atoms with Crippen LogP contribution in [0.15, 0.2) is 0 Å². The van der Waals surface area contributed by atoms with Crippen LogP contribution in [-0.2, 0) is 17.6 Å². The van der Waals surface area contributed by atoms with E-state index in [1.807, 2.05) is 6.92 Å². The second kappa shape index (κ2) is 9.22. The number of unbranched alkanes of at least 4 members (excludes halogenated alkanes) is 1. The lowest BCUT2D eigenvalue weighted by atomic mass is 9.69. The first-order valence-corrected chi connectivity index (χ1v) is 11.3. The van der Waals surface area contributed by atoms with Crippen molar-refractivity contribution in [2.45, 2.75) is 86.0 Å². The van der Waals surface area contributed by atoms with Gasteiger partial charge in [-0.3, -0.25) is 9.59 Å². The number of fused-ring (bicyclic) bond motifs is 1. The molecule has 5 heteroatoms. The van der Waals surface area contributed by atoms with E-state index in [-0.39, 0.29) is 17.2 Å². The minimum Gasteiger partial charge on any atom is -0.365 e. The molecule has 3 N–H and O–H groups in total. The van der Waals surface area contributed by atoms with Crippen molar-refractivity contribution in [1.29, 1.82) is 0 Å². The molecule has 2 unspecified atom stereocenters. The van der Waals surface area contributed by atoms with Gasteiger partial charge < -0.3 is 11.1 Å². The first-order valence-electron chi connectivity index (χ1n) is 10.5. The third-order valence-corrected chi connectivity index (χ3v) is 7.70. The minimum atomic E-state index is -0.419. The van der Waals surface area contributed by atoms with Crippen LogP contribution in [0.1, 0.15) is 93.9 Å². The van der Waals surface area contributed by atoms with Crippen molar-refractivity contribution in [3.05, 3.63) is 16.0 Å². The van der Waals surface area contributed by atoms with Gasteiger partial charge in [0.2, 0.25) is 5.91 Å². The zero-order valence-electron chi connectivity index (χ0n) is 17.6. The van der Waals surface area contributed by atoms with Crippen LogP contribution >= 0.6 is 11.3 Å². The lowest BCUT2D eigenvalue weighted by Crippen LogP contribution is -2.29. The van der Waals surface area contributed by atoms with Crippen LogP contribution in [0.25, 0.3) is 0 Å². The Balaban J connectivity index is 2.26. The molecule has 1 aromatic rings. The van der Waals surface area contributed by atoms with E-state index in [0.717, 1.165) is 56.9 Å². The van der Waals surface area contributed by atoms with Gasteiger partial charge >= 0.3 is 0 Å². The third kappa shape index (κ3) is 4.92. The third-order valence-electron chi connectivity index (χ3n) is 6.53. The van der Waals surface area contributed by atoms with E-state index in [0.29, 0.717) is 16.5 Å². The number of rotatable bonds is 9. The van der Waals surface area contributed by atoms with E-state index in [1.54, 1.807) is 11.3 Å². The summed E-state index contributed by atoms with van der Waals surface area (Å²) in [5, 5.41) is 3.72. The van der Waals surface area contributed by atoms with Gasteiger partial charge in [-0.15, -0.1) is 11.3 Å². The maximum Gasteiger partial charge on any atom is 0.251 e. The zero-order chi connectivity index (χ0) is 20.2. The highest BCUT2D eigenvalue weighted by atomic mass is 32.1. The predicted octanol–water partition coefficient (Wildman–Crippen LogP) is 5.54. The second-order valence-corrected chi connectivity index (χ2v) is 9.70. The van der Waals surface area contributed by atoms with E-state index in [2.05, 4.69) is 33.0 Å². The van der Waals surface area contributed by atoms with Crippen molar-refractivity contribution >= 4 is 28.2 Å². The monoisotopic (exact) mass is 392 g/mol. The molecule has 0 fully saturated rings. The number of carbonyl (C=O) groups is 2. The van der Waals surface area contributed by atoms with E-state index >= 15 is 0 Å². The van der Waals surface area contributed by atoms with E-state index in [9.17, 15) is 9.59 Å². The number of nitrogens with two attached hydrogens (primary N) is 1. The largest absolute Gasteiger partial charge is 0.365 e. The summed E-state index contributed by atoms with van der Waals surface area (Å²) in [6.45, 7) is 11.1. The van der Waals surface area contributed by atoms with Crippen LogP contribution in [0.4, 0.5) is 5.00 Å². The molecule has 0 radical (unpaired) electrons. The van der Waals surface area contributed by atoms with Crippen molar-refractivity contribution < 1.29 is 9.59 Å². The molecule has 2 amide bonds. The zero-order valence-corrected chi connectivity index (χ0v) is 18.4. The number of amides is 2. The van der Waals surface area contributed by atoms with Gasteiger partial charge in [0.1, 0.15) is 5.00 Å². The fourth-order valence-electron chi connectivity index (χ4n) is 4.08. The Kier molecular flexibility index (Phi) is 7.49. The lowest BCUT2D eigenvalue weighted by molar-refractivity contribution is -0.120. The van der Waals surface area contributed by atoms with E-state index < -0.39 is 5.91 Å². The lowest BCUT2D eigenvalue weighted by Gasteiger charge is -2.36. The average Bonchev–Trinajstić information content (AvgIpc) is 2.99. The van der Waals surface area contributed by atoms with Crippen molar-refractivity contribution in [2.75, 3.05) is 5.32 Å². The SMILES string of the molecule is CCCCC(CC)C(=O)Nc1sc2c(c1C(N)=O)CCC(C(C)(C)CC)C2. The topological polar surface area (TPSA) is 72.2 Å². The smallest absolute Gasteiger partial charge is 0.251 e. The molecule has 0 aliphatic heterocycles. The summed E-state index contributed by atoms with van der Waals surface area (Å²) in [5.74, 6) is 0.206. The van der Waals surface area contributed by atoms with Crippen LogP contribution in [0.5, 0.6) is 0 Å². The highest BCUT2D eigenvalue weighted by Gasteiger charge is 2.35. The first-order chi connectivity index (χ1) is 12.7. The highest BCUT2D eigenvalue weighted by Crippen LogP contribution is 2.45.